The van der Waals surface area contributed by atoms with Crippen molar-refractivity contribution in [2.45, 2.75) is 32.4 Å². The second kappa shape index (κ2) is 10.6. The van der Waals surface area contributed by atoms with Crippen LogP contribution in [-0.4, -0.2) is 94.0 Å². The van der Waals surface area contributed by atoms with Gasteiger partial charge in [-0.3, -0.25) is 4.79 Å². The van der Waals surface area contributed by atoms with Crippen LogP contribution in [0.3, 0.4) is 0 Å². The molecule has 2 aliphatic heterocycles. The molecule has 0 bridgehead atoms. The minimum absolute atomic E-state index is 0. The van der Waals surface area contributed by atoms with E-state index < -0.39 is 10.0 Å². The van der Waals surface area contributed by atoms with E-state index in [1.807, 2.05) is 13.8 Å². The zero-order chi connectivity index (χ0) is 17.6. The predicted octanol–water partition coefficient (Wildman–Crippen LogP) is -0.314. The van der Waals surface area contributed by atoms with Gasteiger partial charge in [-0.2, -0.15) is 4.31 Å². The summed E-state index contributed by atoms with van der Waals surface area (Å²) in [4.78, 5) is 14.1. The maximum Gasteiger partial charge on any atom is 0.224 e. The number of morpholine rings is 1. The summed E-state index contributed by atoms with van der Waals surface area (Å²) in [7, 11) is -3.32. The average molecular weight is 400 g/mol. The standard InChI is InChI=1S/C15H29N3O5S.ClH/c1-13(2)23-9-10-24(20,21)18-6-4-17(5-7-18)15(19)11-14-12-22-8-3-16-14;/h13-14,16H,3-12H2,1-2H3;1H. The quantitative estimate of drug-likeness (QED) is 0.631. The van der Waals surface area contributed by atoms with Crippen molar-refractivity contribution >= 4 is 28.3 Å². The molecular weight excluding hydrogens is 370 g/mol. The van der Waals surface area contributed by atoms with Crippen LogP contribution in [0.4, 0.5) is 0 Å². The summed E-state index contributed by atoms with van der Waals surface area (Å²) in [5.74, 6) is 0.0424. The van der Waals surface area contributed by atoms with E-state index >= 15 is 0 Å². The van der Waals surface area contributed by atoms with Crippen LogP contribution in [0.25, 0.3) is 0 Å². The Balaban J connectivity index is 0.00000312. The molecule has 8 nitrogen and oxygen atoms in total. The Morgan fingerprint density at radius 3 is 2.52 bits per heavy atom. The lowest BCUT2D eigenvalue weighted by Gasteiger charge is -2.35. The number of carbonyl (C=O) groups is 1. The zero-order valence-electron chi connectivity index (χ0n) is 15.0. The van der Waals surface area contributed by atoms with Crippen LogP contribution >= 0.6 is 12.4 Å². The van der Waals surface area contributed by atoms with Crippen molar-refractivity contribution in [3.63, 3.8) is 0 Å². The third kappa shape index (κ3) is 7.36. The Labute approximate surface area is 156 Å². The van der Waals surface area contributed by atoms with Gasteiger partial charge >= 0.3 is 0 Å². The molecule has 0 aromatic carbocycles. The third-order valence-corrected chi connectivity index (χ3v) is 6.03. The van der Waals surface area contributed by atoms with Crippen LogP contribution in [0.2, 0.25) is 0 Å². The topological polar surface area (TPSA) is 88.2 Å². The van der Waals surface area contributed by atoms with Gasteiger partial charge in [0.25, 0.3) is 0 Å². The average Bonchev–Trinajstić information content (AvgIpc) is 2.55. The molecule has 2 rings (SSSR count). The van der Waals surface area contributed by atoms with E-state index in [1.165, 1.54) is 4.31 Å². The molecule has 1 N–H and O–H groups in total. The van der Waals surface area contributed by atoms with Gasteiger partial charge in [-0.05, 0) is 13.8 Å². The molecule has 2 heterocycles. The Morgan fingerprint density at radius 1 is 1.28 bits per heavy atom. The predicted molar refractivity (Wildman–Crippen MR) is 97.5 cm³/mol. The molecule has 0 spiro atoms. The van der Waals surface area contributed by atoms with E-state index in [0.29, 0.717) is 45.8 Å². The van der Waals surface area contributed by atoms with Crippen LogP contribution in [-0.2, 0) is 24.3 Å². The van der Waals surface area contributed by atoms with Gasteiger partial charge in [0, 0.05) is 45.2 Å². The first-order chi connectivity index (χ1) is 11.4. The molecule has 2 fully saturated rings. The number of ether oxygens (including phenoxy) is 2. The van der Waals surface area contributed by atoms with Gasteiger partial charge in [-0.15, -0.1) is 12.4 Å². The number of hydrogen-bond acceptors (Lipinski definition) is 6. The van der Waals surface area contributed by atoms with Crippen LogP contribution in [0.15, 0.2) is 0 Å². The van der Waals surface area contributed by atoms with Crippen LogP contribution in [0.1, 0.15) is 20.3 Å². The van der Waals surface area contributed by atoms with Crippen molar-refractivity contribution in [2.24, 2.45) is 0 Å². The molecule has 0 aromatic heterocycles. The summed E-state index contributed by atoms with van der Waals surface area (Å²) in [6.07, 6.45) is 0.418. The molecule has 148 valence electrons. The van der Waals surface area contributed by atoms with E-state index in [-0.39, 0.29) is 42.8 Å². The first-order valence-electron chi connectivity index (χ1n) is 8.57. The maximum atomic E-state index is 12.3. The van der Waals surface area contributed by atoms with E-state index in [2.05, 4.69) is 5.32 Å². The van der Waals surface area contributed by atoms with Gasteiger partial charge in [0.05, 0.1) is 31.7 Å². The monoisotopic (exact) mass is 399 g/mol. The van der Waals surface area contributed by atoms with Gasteiger partial charge in [-0.1, -0.05) is 0 Å². The molecule has 0 aliphatic carbocycles. The molecule has 10 heteroatoms. The number of nitrogens with one attached hydrogen (secondary N) is 1. The minimum Gasteiger partial charge on any atom is -0.378 e. The van der Waals surface area contributed by atoms with E-state index in [9.17, 15) is 13.2 Å². The Kier molecular flexibility index (Phi) is 9.61. The molecule has 0 aromatic rings. The number of piperazine rings is 1. The highest BCUT2D eigenvalue weighted by Crippen LogP contribution is 2.11. The molecule has 25 heavy (non-hydrogen) atoms. The highest BCUT2D eigenvalue weighted by molar-refractivity contribution is 7.89. The molecule has 1 amide bonds. The molecule has 0 radical (unpaired) electrons. The van der Waals surface area contributed by atoms with Crippen molar-refractivity contribution in [2.75, 3.05) is 58.3 Å². The minimum atomic E-state index is -3.32. The fraction of sp³-hybridized carbons (Fsp3) is 0.933. The summed E-state index contributed by atoms with van der Waals surface area (Å²) in [6, 6.07) is 0.0567. The SMILES string of the molecule is CC(C)OCCS(=O)(=O)N1CCN(C(=O)CC2COCCN2)CC1.Cl. The van der Waals surface area contributed by atoms with Gasteiger partial charge in [0.2, 0.25) is 15.9 Å². The van der Waals surface area contributed by atoms with Crippen LogP contribution in [0, 0.1) is 0 Å². The first-order valence-corrected chi connectivity index (χ1v) is 10.2. The maximum absolute atomic E-state index is 12.3. The van der Waals surface area contributed by atoms with Crippen molar-refractivity contribution in [1.29, 1.82) is 0 Å². The van der Waals surface area contributed by atoms with Gasteiger partial charge < -0.3 is 19.7 Å². The molecule has 1 atom stereocenters. The highest BCUT2D eigenvalue weighted by Gasteiger charge is 2.29. The lowest BCUT2D eigenvalue weighted by Crippen LogP contribution is -2.53. The smallest absolute Gasteiger partial charge is 0.224 e. The molecule has 2 saturated heterocycles. The second-order valence-corrected chi connectivity index (χ2v) is 8.53. The Bertz CT molecular complexity index is 503. The molecular formula is C15H30ClN3O5S. The second-order valence-electron chi connectivity index (χ2n) is 6.45. The summed E-state index contributed by atoms with van der Waals surface area (Å²) in [5, 5.41) is 3.26. The lowest BCUT2D eigenvalue weighted by atomic mass is 10.1. The molecule has 0 saturated carbocycles. The van der Waals surface area contributed by atoms with Crippen molar-refractivity contribution < 1.29 is 22.7 Å². The number of rotatable bonds is 7. The fourth-order valence-electron chi connectivity index (χ4n) is 2.82. The van der Waals surface area contributed by atoms with Gasteiger partial charge in [0.15, 0.2) is 0 Å². The van der Waals surface area contributed by atoms with Crippen molar-refractivity contribution in [3.8, 4) is 0 Å². The molecule has 1 unspecified atom stereocenters. The fourth-order valence-corrected chi connectivity index (χ4v) is 4.11. The summed E-state index contributed by atoms with van der Waals surface area (Å²) in [6.45, 7) is 7.54. The van der Waals surface area contributed by atoms with Crippen molar-refractivity contribution in [1.82, 2.24) is 14.5 Å². The van der Waals surface area contributed by atoms with Crippen LogP contribution in [0.5, 0.6) is 0 Å². The van der Waals surface area contributed by atoms with E-state index in [1.54, 1.807) is 4.90 Å². The van der Waals surface area contributed by atoms with Crippen LogP contribution < -0.4 is 5.32 Å². The normalized spacial score (nSPS) is 22.7. The Morgan fingerprint density at radius 2 is 1.96 bits per heavy atom. The van der Waals surface area contributed by atoms with Gasteiger partial charge in [-0.25, -0.2) is 8.42 Å². The zero-order valence-corrected chi connectivity index (χ0v) is 16.6. The number of halogens is 1. The number of nitrogens with zero attached hydrogens (tertiary/aromatic N) is 2. The van der Waals surface area contributed by atoms with Crippen molar-refractivity contribution in [3.05, 3.63) is 0 Å². The largest absolute Gasteiger partial charge is 0.378 e. The number of amides is 1. The number of sulfonamides is 1. The van der Waals surface area contributed by atoms with E-state index in [4.69, 9.17) is 9.47 Å². The highest BCUT2D eigenvalue weighted by atomic mass is 35.5. The number of carbonyl (C=O) groups excluding carboxylic acids is 1. The third-order valence-electron chi connectivity index (χ3n) is 4.20. The summed E-state index contributed by atoms with van der Waals surface area (Å²) < 4.78 is 36.7. The lowest BCUT2D eigenvalue weighted by molar-refractivity contribution is -0.133. The number of hydrogen-bond donors (Lipinski definition) is 1. The Hall–Kier alpha value is -0.450. The van der Waals surface area contributed by atoms with E-state index in [0.717, 1.165) is 6.54 Å². The summed E-state index contributed by atoms with van der Waals surface area (Å²) in [5.41, 5.74) is 0. The van der Waals surface area contributed by atoms with Gasteiger partial charge in [0.1, 0.15) is 0 Å². The molecule has 2 aliphatic rings. The first kappa shape index (κ1) is 22.6. The summed E-state index contributed by atoms with van der Waals surface area (Å²) >= 11 is 0.